The first-order valence-electron chi connectivity index (χ1n) is 6.92. The highest BCUT2D eigenvalue weighted by Crippen LogP contribution is 2.28. The highest BCUT2D eigenvalue weighted by Gasteiger charge is 2.32. The molecule has 1 aromatic heterocycles. The number of pyridine rings is 1. The van der Waals surface area contributed by atoms with Crippen molar-refractivity contribution in [3.05, 3.63) is 71.7 Å². The van der Waals surface area contributed by atoms with E-state index in [0.29, 0.717) is 17.8 Å². The molecule has 0 aliphatic carbocycles. The number of hydrogen-bond donors (Lipinski definition) is 1. The van der Waals surface area contributed by atoms with Crippen LogP contribution in [-0.2, 0) is 11.3 Å². The van der Waals surface area contributed by atoms with Gasteiger partial charge in [0.1, 0.15) is 5.57 Å². The number of carbonyl (C=O) groups is 2. The molecule has 0 saturated carbocycles. The van der Waals surface area contributed by atoms with Crippen molar-refractivity contribution >= 4 is 17.4 Å². The molecule has 0 unspecified atom stereocenters. The normalized spacial score (nSPS) is 15.9. The highest BCUT2D eigenvalue weighted by molar-refractivity contribution is 6.34. The van der Waals surface area contributed by atoms with Crippen LogP contribution in [0, 0.1) is 0 Å². The van der Waals surface area contributed by atoms with Crippen molar-refractivity contribution in [3.63, 3.8) is 0 Å². The van der Waals surface area contributed by atoms with E-state index in [1.54, 1.807) is 37.6 Å². The molecule has 0 saturated heterocycles. The van der Waals surface area contributed by atoms with Crippen LogP contribution in [0.3, 0.4) is 0 Å². The average molecular weight is 293 g/mol. The number of nitrogens with zero attached hydrogens (tertiary/aromatic N) is 2. The maximum absolute atomic E-state index is 12.4. The van der Waals surface area contributed by atoms with Gasteiger partial charge in [-0.05, 0) is 29.8 Å². The van der Waals surface area contributed by atoms with Gasteiger partial charge in [0.05, 0.1) is 5.69 Å². The van der Waals surface area contributed by atoms with Gasteiger partial charge in [-0.3, -0.25) is 14.6 Å². The molecule has 5 heteroatoms. The zero-order valence-electron chi connectivity index (χ0n) is 12.1. The molecule has 1 aliphatic heterocycles. The van der Waals surface area contributed by atoms with Gasteiger partial charge in [0.15, 0.2) is 0 Å². The summed E-state index contributed by atoms with van der Waals surface area (Å²) in [6, 6.07) is 10.9. The third kappa shape index (κ3) is 2.48. The van der Waals surface area contributed by atoms with Gasteiger partial charge in [0, 0.05) is 37.7 Å². The number of likely N-dealkylation sites (N-methyl/N-ethyl adjacent to an activating group) is 1. The minimum absolute atomic E-state index is 0.148. The summed E-state index contributed by atoms with van der Waals surface area (Å²) in [6.07, 6.45) is 4.90. The molecule has 0 spiro atoms. The summed E-state index contributed by atoms with van der Waals surface area (Å²) < 4.78 is 0. The van der Waals surface area contributed by atoms with Crippen molar-refractivity contribution in [2.24, 2.45) is 0 Å². The molecule has 22 heavy (non-hydrogen) atoms. The van der Waals surface area contributed by atoms with E-state index < -0.39 is 0 Å². The number of nitrogens with one attached hydrogen (secondary N) is 1. The maximum atomic E-state index is 12.4. The van der Waals surface area contributed by atoms with Gasteiger partial charge >= 0.3 is 0 Å². The summed E-state index contributed by atoms with van der Waals surface area (Å²) in [5, 5.41) is 3.03. The van der Waals surface area contributed by atoms with Gasteiger partial charge in [0.2, 0.25) is 5.78 Å². The molecule has 2 heterocycles. The lowest BCUT2D eigenvalue weighted by Gasteiger charge is -2.26. The molecule has 3 rings (SSSR count). The molecule has 0 atom stereocenters. The first-order valence-corrected chi connectivity index (χ1v) is 6.92. The fraction of sp³-hybridized carbons (Fsp3) is 0.118. The van der Waals surface area contributed by atoms with Gasteiger partial charge in [-0.2, -0.15) is 0 Å². The fourth-order valence-corrected chi connectivity index (χ4v) is 2.39. The Balaban J connectivity index is 1.83. The molecule has 5 nitrogen and oxygen atoms in total. The molecule has 1 aromatic carbocycles. The standard InChI is InChI=1S/C17H15N3O2/c1-20-15-5-3-2-4-13(15)16(21)14(17(20)22)11-19-10-12-6-8-18-9-7-12/h2-9,11,19H,10H2,1H3/b14-11+. The Morgan fingerprint density at radius 2 is 1.86 bits per heavy atom. The third-order valence-electron chi connectivity index (χ3n) is 3.59. The molecule has 2 aromatic rings. The molecule has 110 valence electrons. The second-order valence-electron chi connectivity index (χ2n) is 5.00. The minimum atomic E-state index is -0.300. The zero-order valence-corrected chi connectivity index (χ0v) is 12.1. The SMILES string of the molecule is CN1C(=O)/C(=C/NCc2ccncc2)C(=O)c2ccccc21. The molecule has 1 aliphatic rings. The number of ketones is 1. The second-order valence-corrected chi connectivity index (χ2v) is 5.00. The van der Waals surface area contributed by atoms with Gasteiger partial charge in [-0.15, -0.1) is 0 Å². The van der Waals surface area contributed by atoms with Crippen LogP contribution in [0.1, 0.15) is 15.9 Å². The Labute approximate surface area is 128 Å². The lowest BCUT2D eigenvalue weighted by atomic mass is 9.96. The lowest BCUT2D eigenvalue weighted by molar-refractivity contribution is -0.114. The number of para-hydroxylation sites is 1. The van der Waals surface area contributed by atoms with E-state index in [1.165, 1.54) is 11.1 Å². The Morgan fingerprint density at radius 1 is 1.14 bits per heavy atom. The second kappa shape index (κ2) is 5.81. The van der Waals surface area contributed by atoms with E-state index in [2.05, 4.69) is 10.3 Å². The van der Waals surface area contributed by atoms with Crippen LogP contribution < -0.4 is 10.2 Å². The van der Waals surface area contributed by atoms with Crippen molar-refractivity contribution < 1.29 is 9.59 Å². The van der Waals surface area contributed by atoms with Crippen LogP contribution in [0.4, 0.5) is 5.69 Å². The smallest absolute Gasteiger partial charge is 0.263 e. The van der Waals surface area contributed by atoms with Crippen molar-refractivity contribution in [1.29, 1.82) is 0 Å². The van der Waals surface area contributed by atoms with Gasteiger partial charge in [-0.25, -0.2) is 0 Å². The molecular formula is C17H15N3O2. The number of amides is 1. The van der Waals surface area contributed by atoms with Crippen LogP contribution in [0.5, 0.6) is 0 Å². The largest absolute Gasteiger partial charge is 0.386 e. The van der Waals surface area contributed by atoms with E-state index in [9.17, 15) is 9.59 Å². The monoisotopic (exact) mass is 293 g/mol. The molecule has 0 fully saturated rings. The predicted octanol–water partition coefficient (Wildman–Crippen LogP) is 1.91. The van der Waals surface area contributed by atoms with E-state index in [1.807, 2.05) is 18.2 Å². The van der Waals surface area contributed by atoms with Gasteiger partial charge < -0.3 is 10.2 Å². The predicted molar refractivity (Wildman–Crippen MR) is 83.3 cm³/mol. The Kier molecular flexibility index (Phi) is 3.70. The number of anilines is 1. The van der Waals surface area contributed by atoms with E-state index >= 15 is 0 Å². The fourth-order valence-electron chi connectivity index (χ4n) is 2.39. The zero-order chi connectivity index (χ0) is 15.5. The van der Waals surface area contributed by atoms with Crippen molar-refractivity contribution in [1.82, 2.24) is 10.3 Å². The van der Waals surface area contributed by atoms with E-state index in [-0.39, 0.29) is 17.3 Å². The average Bonchev–Trinajstić information content (AvgIpc) is 2.57. The Bertz CT molecular complexity index is 754. The van der Waals surface area contributed by atoms with Crippen molar-refractivity contribution in [2.45, 2.75) is 6.54 Å². The highest BCUT2D eigenvalue weighted by atomic mass is 16.2. The van der Waals surface area contributed by atoms with Crippen LogP contribution in [0.2, 0.25) is 0 Å². The number of hydrogen-bond acceptors (Lipinski definition) is 4. The number of carbonyl (C=O) groups excluding carboxylic acids is 2. The minimum Gasteiger partial charge on any atom is -0.386 e. The molecule has 0 radical (unpaired) electrons. The van der Waals surface area contributed by atoms with Crippen LogP contribution in [0.15, 0.2) is 60.6 Å². The lowest BCUT2D eigenvalue weighted by Crippen LogP contribution is -2.37. The van der Waals surface area contributed by atoms with Crippen LogP contribution in [-0.4, -0.2) is 23.7 Å². The number of rotatable bonds is 3. The van der Waals surface area contributed by atoms with Gasteiger partial charge in [-0.1, -0.05) is 12.1 Å². The molecule has 1 N–H and O–H groups in total. The number of fused-ring (bicyclic) bond motifs is 1. The molecule has 1 amide bonds. The quantitative estimate of drug-likeness (QED) is 0.693. The Morgan fingerprint density at radius 3 is 2.64 bits per heavy atom. The third-order valence-corrected chi connectivity index (χ3v) is 3.59. The summed E-state index contributed by atoms with van der Waals surface area (Å²) in [5.74, 6) is -0.549. The summed E-state index contributed by atoms with van der Waals surface area (Å²) >= 11 is 0. The number of benzene rings is 1. The molecule has 0 bridgehead atoms. The number of Topliss-reactive ketones (excluding diaryl/α,β-unsaturated/α-hetero) is 1. The van der Waals surface area contributed by atoms with Crippen LogP contribution in [0.25, 0.3) is 0 Å². The van der Waals surface area contributed by atoms with Crippen molar-refractivity contribution in [2.75, 3.05) is 11.9 Å². The Hall–Kier alpha value is -2.95. The van der Waals surface area contributed by atoms with Gasteiger partial charge in [0.25, 0.3) is 5.91 Å². The number of aromatic nitrogens is 1. The summed E-state index contributed by atoms with van der Waals surface area (Å²) in [4.78, 5) is 30.2. The molecular weight excluding hydrogens is 278 g/mol. The summed E-state index contributed by atoms with van der Waals surface area (Å²) in [7, 11) is 1.67. The topological polar surface area (TPSA) is 62.3 Å². The maximum Gasteiger partial charge on any atom is 0.263 e. The van der Waals surface area contributed by atoms with E-state index in [4.69, 9.17) is 0 Å². The summed E-state index contributed by atoms with van der Waals surface area (Å²) in [5.41, 5.74) is 2.36. The van der Waals surface area contributed by atoms with Crippen LogP contribution >= 0.6 is 0 Å². The summed E-state index contributed by atoms with van der Waals surface area (Å²) in [6.45, 7) is 0.526. The van der Waals surface area contributed by atoms with Crippen molar-refractivity contribution in [3.8, 4) is 0 Å². The first kappa shape index (κ1) is 14.0. The first-order chi connectivity index (χ1) is 10.7. The van der Waals surface area contributed by atoms with E-state index in [0.717, 1.165) is 5.56 Å².